The molecule has 1 saturated heterocycles. The largest absolute Gasteiger partial charge is 0.393 e. The lowest BCUT2D eigenvalue weighted by Gasteiger charge is -2.59. The number of hydrogen-bond donors (Lipinski definition) is 2. The second-order valence-corrected chi connectivity index (χ2v) is 10.8. The van der Waals surface area contributed by atoms with Crippen LogP contribution in [0, 0.1) is 28.6 Å². The van der Waals surface area contributed by atoms with Gasteiger partial charge in [0, 0.05) is 16.7 Å². The van der Waals surface area contributed by atoms with Gasteiger partial charge in [-0.1, -0.05) is 38.8 Å². The summed E-state index contributed by atoms with van der Waals surface area (Å²) in [5.41, 5.74) is 5.10. The van der Waals surface area contributed by atoms with Gasteiger partial charge in [0.05, 0.1) is 18.8 Å². The highest BCUT2D eigenvalue weighted by molar-refractivity contribution is 6.01. The normalized spacial score (nSPS) is 50.4. The van der Waals surface area contributed by atoms with E-state index in [0.717, 1.165) is 37.7 Å². The first-order chi connectivity index (χ1) is 14.7. The molecule has 4 aliphatic carbocycles. The fourth-order valence-electron chi connectivity index (χ4n) is 8.16. The van der Waals surface area contributed by atoms with E-state index in [1.165, 1.54) is 0 Å². The molecule has 9 atom stereocenters. The van der Waals surface area contributed by atoms with Gasteiger partial charge in [0.15, 0.2) is 23.5 Å². The molecular formula is C25H35NO5. The smallest absolute Gasteiger partial charge is 0.181 e. The van der Waals surface area contributed by atoms with E-state index in [-0.39, 0.29) is 53.7 Å². The lowest BCUT2D eigenvalue weighted by atomic mass is 9.46. The molecule has 0 radical (unpaired) electrons. The van der Waals surface area contributed by atoms with E-state index >= 15 is 0 Å². The minimum atomic E-state index is -1.08. The summed E-state index contributed by atoms with van der Waals surface area (Å²) in [7, 11) is 0. The average molecular weight is 430 g/mol. The molecule has 0 aromatic heterocycles. The van der Waals surface area contributed by atoms with Crippen molar-refractivity contribution < 1.29 is 24.2 Å². The second kappa shape index (κ2) is 7.08. The molecule has 170 valence electrons. The van der Waals surface area contributed by atoms with Crippen LogP contribution in [-0.2, 0) is 19.1 Å². The quantitative estimate of drug-likeness (QED) is 0.713. The van der Waals surface area contributed by atoms with Crippen molar-refractivity contribution >= 4 is 11.6 Å². The maximum absolute atomic E-state index is 13.4. The van der Waals surface area contributed by atoms with Gasteiger partial charge in [0.25, 0.3) is 0 Å². The number of hydrogen-bond acceptors (Lipinski definition) is 6. The fourth-order valence-corrected chi connectivity index (χ4v) is 8.16. The Morgan fingerprint density at radius 1 is 1.35 bits per heavy atom. The van der Waals surface area contributed by atoms with E-state index in [0.29, 0.717) is 6.42 Å². The third-order valence-corrected chi connectivity index (χ3v) is 9.41. The summed E-state index contributed by atoms with van der Waals surface area (Å²) in [5, 5.41) is 11.6. The van der Waals surface area contributed by atoms with Gasteiger partial charge < -0.3 is 20.3 Å². The fraction of sp³-hybridized carbons (Fsp3) is 0.760. The van der Waals surface area contributed by atoms with Crippen LogP contribution in [0.5, 0.6) is 0 Å². The summed E-state index contributed by atoms with van der Waals surface area (Å²) in [4.78, 5) is 25.3. The van der Waals surface area contributed by atoms with Crippen LogP contribution in [0.3, 0.4) is 0 Å². The Kier molecular flexibility index (Phi) is 4.91. The van der Waals surface area contributed by atoms with Gasteiger partial charge in [-0.25, -0.2) is 0 Å². The van der Waals surface area contributed by atoms with Crippen LogP contribution in [0.15, 0.2) is 23.8 Å². The molecule has 31 heavy (non-hydrogen) atoms. The minimum absolute atomic E-state index is 0.0187. The molecule has 1 heterocycles. The Hall–Kier alpha value is -1.34. The predicted molar refractivity (Wildman–Crippen MR) is 115 cm³/mol. The molecule has 5 aliphatic rings. The van der Waals surface area contributed by atoms with Crippen LogP contribution in [0.25, 0.3) is 0 Å². The number of Topliss-reactive ketones (excluding diaryl/α,β-unsaturated/α-hetero) is 1. The number of aliphatic hydroxyl groups is 1. The van der Waals surface area contributed by atoms with E-state index in [1.54, 1.807) is 12.2 Å². The van der Waals surface area contributed by atoms with Crippen LogP contribution in [0.4, 0.5) is 0 Å². The number of ether oxygens (including phenoxy) is 2. The van der Waals surface area contributed by atoms with Crippen molar-refractivity contribution in [3.63, 3.8) is 0 Å². The SMILES string of the molecule is CCC[C@H]1O[C@@H]2CC3[C@@H]4CCC5=CC(=O)C=C[C@]5(C)C4[C@@H](O)C[C@]3(C)[C@]2(C(=O)CN)O1. The van der Waals surface area contributed by atoms with E-state index in [1.807, 2.05) is 6.08 Å². The zero-order valence-electron chi connectivity index (χ0n) is 18.8. The van der Waals surface area contributed by atoms with Crippen molar-refractivity contribution in [3.05, 3.63) is 23.8 Å². The molecule has 6 heteroatoms. The van der Waals surface area contributed by atoms with Crippen LogP contribution in [-0.4, -0.2) is 47.3 Å². The van der Waals surface area contributed by atoms with Gasteiger partial charge in [-0.3, -0.25) is 9.59 Å². The van der Waals surface area contributed by atoms with Gasteiger partial charge in [-0.15, -0.1) is 0 Å². The monoisotopic (exact) mass is 429 g/mol. The molecule has 2 unspecified atom stereocenters. The van der Waals surface area contributed by atoms with E-state index < -0.39 is 17.1 Å². The highest BCUT2D eigenvalue weighted by Crippen LogP contribution is 2.69. The van der Waals surface area contributed by atoms with E-state index in [2.05, 4.69) is 20.8 Å². The van der Waals surface area contributed by atoms with Crippen molar-refractivity contribution in [1.29, 1.82) is 0 Å². The van der Waals surface area contributed by atoms with Crippen LogP contribution < -0.4 is 5.73 Å². The van der Waals surface area contributed by atoms with Crippen LogP contribution in [0.2, 0.25) is 0 Å². The minimum Gasteiger partial charge on any atom is -0.393 e. The highest BCUT2D eigenvalue weighted by atomic mass is 16.7. The Bertz CT molecular complexity index is 866. The molecule has 3 saturated carbocycles. The van der Waals surface area contributed by atoms with Gasteiger partial charge >= 0.3 is 0 Å². The topological polar surface area (TPSA) is 98.9 Å². The molecule has 5 rings (SSSR count). The molecule has 0 aromatic rings. The predicted octanol–water partition coefficient (Wildman–Crippen LogP) is 2.68. The lowest BCUT2D eigenvalue weighted by Crippen LogP contribution is -2.64. The standard InChI is InChI=1S/C25H35NO5/c1-4-5-21-30-20-11-17-16-7-6-14-10-15(27)8-9-23(14,2)22(16)18(28)12-24(17,3)25(20,31-21)19(29)13-26/h8-10,16-18,20-22,28H,4-7,11-13,26H2,1-3H3/t16-,17?,18-,20+,21-,22?,23-,24-,25+/m0/s1. The van der Waals surface area contributed by atoms with Crippen molar-refractivity contribution in [2.75, 3.05) is 6.54 Å². The zero-order chi connectivity index (χ0) is 22.2. The maximum atomic E-state index is 13.4. The molecule has 0 aromatic carbocycles. The third-order valence-electron chi connectivity index (χ3n) is 9.41. The number of ketones is 2. The summed E-state index contributed by atoms with van der Waals surface area (Å²) in [6.07, 6.45) is 8.78. The molecule has 3 N–H and O–H groups in total. The summed E-state index contributed by atoms with van der Waals surface area (Å²) < 4.78 is 12.8. The van der Waals surface area contributed by atoms with Gasteiger partial charge in [0.2, 0.25) is 0 Å². The first-order valence-electron chi connectivity index (χ1n) is 11.9. The first-order valence-corrected chi connectivity index (χ1v) is 11.9. The molecule has 4 fully saturated rings. The number of allylic oxidation sites excluding steroid dienone is 4. The number of aliphatic hydroxyl groups excluding tert-OH is 1. The first kappa shape index (κ1) is 21.5. The summed E-state index contributed by atoms with van der Waals surface area (Å²) in [6, 6.07) is 0. The Morgan fingerprint density at radius 2 is 2.13 bits per heavy atom. The van der Waals surface area contributed by atoms with Crippen LogP contribution in [0.1, 0.15) is 59.3 Å². The lowest BCUT2D eigenvalue weighted by molar-refractivity contribution is -0.198. The maximum Gasteiger partial charge on any atom is 0.181 e. The van der Waals surface area contributed by atoms with Crippen molar-refractivity contribution in [1.82, 2.24) is 0 Å². The van der Waals surface area contributed by atoms with Crippen LogP contribution >= 0.6 is 0 Å². The summed E-state index contributed by atoms with van der Waals surface area (Å²) in [5.74, 6) is 0.391. The molecule has 0 spiro atoms. The molecule has 6 nitrogen and oxygen atoms in total. The number of carbonyl (C=O) groups is 2. The Labute approximate surface area is 184 Å². The van der Waals surface area contributed by atoms with Crippen molar-refractivity contribution in [2.45, 2.75) is 83.4 Å². The number of carbonyl (C=O) groups excluding carboxylic acids is 2. The van der Waals surface area contributed by atoms with Gasteiger partial charge in [0.1, 0.15) is 0 Å². The summed E-state index contributed by atoms with van der Waals surface area (Å²) >= 11 is 0. The Balaban J connectivity index is 1.55. The number of rotatable bonds is 4. The van der Waals surface area contributed by atoms with E-state index in [4.69, 9.17) is 15.2 Å². The molecule has 0 amide bonds. The number of fused-ring (bicyclic) bond motifs is 7. The highest BCUT2D eigenvalue weighted by Gasteiger charge is 2.75. The zero-order valence-corrected chi connectivity index (χ0v) is 18.8. The third kappa shape index (κ3) is 2.65. The molecule has 0 bridgehead atoms. The second-order valence-electron chi connectivity index (χ2n) is 10.8. The Morgan fingerprint density at radius 3 is 2.84 bits per heavy atom. The van der Waals surface area contributed by atoms with Gasteiger partial charge in [-0.2, -0.15) is 0 Å². The van der Waals surface area contributed by atoms with Crippen molar-refractivity contribution in [2.24, 2.45) is 34.3 Å². The van der Waals surface area contributed by atoms with E-state index in [9.17, 15) is 14.7 Å². The molecular weight excluding hydrogens is 394 g/mol. The van der Waals surface area contributed by atoms with Crippen molar-refractivity contribution in [3.8, 4) is 0 Å². The summed E-state index contributed by atoms with van der Waals surface area (Å²) in [6.45, 7) is 6.27. The number of nitrogens with two attached hydrogens (primary N) is 1. The molecule has 1 aliphatic heterocycles. The van der Waals surface area contributed by atoms with Gasteiger partial charge in [-0.05, 0) is 56.1 Å². The average Bonchev–Trinajstić information content (AvgIpc) is 3.20.